The Morgan fingerprint density at radius 2 is 2.00 bits per heavy atom. The lowest BCUT2D eigenvalue weighted by Gasteiger charge is -2.26. The fourth-order valence-electron chi connectivity index (χ4n) is 2.35. The summed E-state index contributed by atoms with van der Waals surface area (Å²) in [5.41, 5.74) is 0. The number of ether oxygens (including phenoxy) is 1. The highest BCUT2D eigenvalue weighted by Gasteiger charge is 2.12. The van der Waals surface area contributed by atoms with E-state index in [2.05, 4.69) is 31.1 Å². The molecule has 1 aliphatic heterocycles. The first-order valence-corrected chi connectivity index (χ1v) is 7.22. The highest BCUT2D eigenvalue weighted by atomic mass is 16.5. The van der Waals surface area contributed by atoms with Crippen LogP contribution < -0.4 is 5.32 Å². The standard InChI is InChI=1S/C14H30N2O/c1-13(2)17-11-10-16(3)12-14-8-6-4-5-7-9-15-14/h13-15H,4-12H2,1-3H3. The van der Waals surface area contributed by atoms with Gasteiger partial charge < -0.3 is 15.0 Å². The van der Waals surface area contributed by atoms with Crippen molar-refractivity contribution >= 4 is 0 Å². The minimum Gasteiger partial charge on any atom is -0.377 e. The largest absolute Gasteiger partial charge is 0.377 e. The van der Waals surface area contributed by atoms with E-state index in [0.29, 0.717) is 12.1 Å². The molecule has 17 heavy (non-hydrogen) atoms. The second kappa shape index (κ2) is 8.90. The quantitative estimate of drug-likeness (QED) is 0.773. The van der Waals surface area contributed by atoms with Crippen LogP contribution in [0.25, 0.3) is 0 Å². The monoisotopic (exact) mass is 242 g/mol. The first-order chi connectivity index (χ1) is 8.18. The Balaban J connectivity index is 2.12. The van der Waals surface area contributed by atoms with Gasteiger partial charge in [0.15, 0.2) is 0 Å². The second-order valence-electron chi connectivity index (χ2n) is 5.54. The molecule has 1 rings (SSSR count). The Morgan fingerprint density at radius 1 is 1.24 bits per heavy atom. The average molecular weight is 242 g/mol. The van der Waals surface area contributed by atoms with E-state index in [4.69, 9.17) is 4.74 Å². The lowest BCUT2D eigenvalue weighted by Crippen LogP contribution is -2.41. The normalized spacial score (nSPS) is 22.8. The predicted molar refractivity (Wildman–Crippen MR) is 73.5 cm³/mol. The van der Waals surface area contributed by atoms with Crippen molar-refractivity contribution in [3.8, 4) is 0 Å². The Bertz CT molecular complexity index is 177. The molecule has 0 spiro atoms. The van der Waals surface area contributed by atoms with Crippen molar-refractivity contribution in [2.75, 3.05) is 33.3 Å². The zero-order valence-electron chi connectivity index (χ0n) is 11.9. The van der Waals surface area contributed by atoms with Gasteiger partial charge >= 0.3 is 0 Å². The van der Waals surface area contributed by atoms with Crippen molar-refractivity contribution in [2.24, 2.45) is 0 Å². The summed E-state index contributed by atoms with van der Waals surface area (Å²) in [4.78, 5) is 2.39. The van der Waals surface area contributed by atoms with E-state index in [1.54, 1.807) is 0 Å². The topological polar surface area (TPSA) is 24.5 Å². The van der Waals surface area contributed by atoms with Crippen LogP contribution in [-0.4, -0.2) is 50.3 Å². The molecule has 0 aliphatic carbocycles. The fourth-order valence-corrected chi connectivity index (χ4v) is 2.35. The van der Waals surface area contributed by atoms with E-state index in [0.717, 1.165) is 19.7 Å². The lowest BCUT2D eigenvalue weighted by atomic mass is 10.0. The fraction of sp³-hybridized carbons (Fsp3) is 1.00. The minimum atomic E-state index is 0.350. The molecule has 3 nitrogen and oxygen atoms in total. The molecule has 1 heterocycles. The van der Waals surface area contributed by atoms with Crippen LogP contribution in [0.1, 0.15) is 46.0 Å². The van der Waals surface area contributed by atoms with Gasteiger partial charge in [-0.05, 0) is 40.3 Å². The van der Waals surface area contributed by atoms with Crippen LogP contribution in [0.5, 0.6) is 0 Å². The number of rotatable bonds is 6. The van der Waals surface area contributed by atoms with Gasteiger partial charge in [0.2, 0.25) is 0 Å². The van der Waals surface area contributed by atoms with Gasteiger partial charge in [0.1, 0.15) is 0 Å². The SMILES string of the molecule is CC(C)OCCN(C)CC1CCCCCCN1. The van der Waals surface area contributed by atoms with Gasteiger partial charge in [0.25, 0.3) is 0 Å². The summed E-state index contributed by atoms with van der Waals surface area (Å²) in [5, 5.41) is 3.67. The minimum absolute atomic E-state index is 0.350. The van der Waals surface area contributed by atoms with Crippen LogP contribution in [0.3, 0.4) is 0 Å². The van der Waals surface area contributed by atoms with E-state index >= 15 is 0 Å². The predicted octanol–water partition coefficient (Wildman–Crippen LogP) is 2.27. The molecule has 1 fully saturated rings. The third-order valence-electron chi connectivity index (χ3n) is 3.37. The first-order valence-electron chi connectivity index (χ1n) is 7.22. The van der Waals surface area contributed by atoms with E-state index < -0.39 is 0 Å². The Morgan fingerprint density at radius 3 is 2.76 bits per heavy atom. The maximum Gasteiger partial charge on any atom is 0.0596 e. The van der Waals surface area contributed by atoms with Crippen LogP contribution in [0.2, 0.25) is 0 Å². The van der Waals surface area contributed by atoms with Gasteiger partial charge in [-0.2, -0.15) is 0 Å². The van der Waals surface area contributed by atoms with Gasteiger partial charge in [-0.25, -0.2) is 0 Å². The van der Waals surface area contributed by atoms with Crippen LogP contribution in [0, 0.1) is 0 Å². The van der Waals surface area contributed by atoms with Crippen molar-refractivity contribution in [3.05, 3.63) is 0 Å². The highest BCUT2D eigenvalue weighted by Crippen LogP contribution is 2.10. The van der Waals surface area contributed by atoms with E-state index in [9.17, 15) is 0 Å². The zero-order chi connectivity index (χ0) is 12.5. The molecule has 1 saturated heterocycles. The maximum atomic E-state index is 5.58. The summed E-state index contributed by atoms with van der Waals surface area (Å²) in [6.07, 6.45) is 7.22. The highest BCUT2D eigenvalue weighted by molar-refractivity contribution is 4.72. The molecular formula is C14H30N2O. The summed E-state index contributed by atoms with van der Waals surface area (Å²) < 4.78 is 5.58. The summed E-state index contributed by atoms with van der Waals surface area (Å²) in [7, 11) is 2.20. The Kier molecular flexibility index (Phi) is 7.82. The van der Waals surface area contributed by atoms with E-state index in [1.807, 2.05) is 0 Å². The summed E-state index contributed by atoms with van der Waals surface area (Å²) >= 11 is 0. The van der Waals surface area contributed by atoms with E-state index in [-0.39, 0.29) is 0 Å². The molecule has 0 amide bonds. The van der Waals surface area contributed by atoms with Crippen LogP contribution in [0.15, 0.2) is 0 Å². The van der Waals surface area contributed by atoms with Gasteiger partial charge in [-0.3, -0.25) is 0 Å². The summed E-state index contributed by atoms with van der Waals surface area (Å²) in [5.74, 6) is 0. The van der Waals surface area contributed by atoms with Crippen LogP contribution in [-0.2, 0) is 4.74 Å². The molecule has 0 aromatic heterocycles. The lowest BCUT2D eigenvalue weighted by molar-refractivity contribution is 0.0619. The van der Waals surface area contributed by atoms with Gasteiger partial charge in [-0.15, -0.1) is 0 Å². The number of nitrogens with one attached hydrogen (secondary N) is 1. The van der Waals surface area contributed by atoms with Gasteiger partial charge in [-0.1, -0.05) is 19.3 Å². The maximum absolute atomic E-state index is 5.58. The second-order valence-corrected chi connectivity index (χ2v) is 5.54. The van der Waals surface area contributed by atoms with Crippen molar-refractivity contribution in [3.63, 3.8) is 0 Å². The number of nitrogens with zero attached hydrogens (tertiary/aromatic N) is 1. The molecule has 102 valence electrons. The molecule has 0 saturated carbocycles. The van der Waals surface area contributed by atoms with Gasteiger partial charge in [0, 0.05) is 19.1 Å². The Labute approximate surface area is 107 Å². The summed E-state index contributed by atoms with van der Waals surface area (Å²) in [6.45, 7) is 8.42. The average Bonchev–Trinajstić information content (AvgIpc) is 2.21. The van der Waals surface area contributed by atoms with Crippen LogP contribution in [0.4, 0.5) is 0 Å². The first kappa shape index (κ1) is 14.9. The molecule has 1 aliphatic rings. The Hall–Kier alpha value is -0.120. The van der Waals surface area contributed by atoms with Gasteiger partial charge in [0.05, 0.1) is 12.7 Å². The molecule has 1 unspecified atom stereocenters. The van der Waals surface area contributed by atoms with Crippen molar-refractivity contribution in [2.45, 2.75) is 58.1 Å². The van der Waals surface area contributed by atoms with Crippen molar-refractivity contribution in [1.29, 1.82) is 0 Å². The molecule has 1 atom stereocenters. The third-order valence-corrected chi connectivity index (χ3v) is 3.37. The smallest absolute Gasteiger partial charge is 0.0596 e. The van der Waals surface area contributed by atoms with E-state index in [1.165, 1.54) is 38.6 Å². The molecule has 0 aromatic rings. The number of likely N-dealkylation sites (N-methyl/N-ethyl adjacent to an activating group) is 1. The molecule has 3 heteroatoms. The number of hydrogen-bond donors (Lipinski definition) is 1. The molecule has 0 bridgehead atoms. The zero-order valence-corrected chi connectivity index (χ0v) is 11.9. The van der Waals surface area contributed by atoms with Crippen molar-refractivity contribution in [1.82, 2.24) is 10.2 Å². The molecule has 0 radical (unpaired) electrons. The van der Waals surface area contributed by atoms with Crippen LogP contribution >= 0.6 is 0 Å². The number of hydrogen-bond acceptors (Lipinski definition) is 3. The third kappa shape index (κ3) is 7.74. The molecule has 1 N–H and O–H groups in total. The molecular weight excluding hydrogens is 212 g/mol. The molecule has 0 aromatic carbocycles. The summed E-state index contributed by atoms with van der Waals surface area (Å²) in [6, 6.07) is 0.680. The van der Waals surface area contributed by atoms with Crippen molar-refractivity contribution < 1.29 is 4.74 Å².